The topological polar surface area (TPSA) is 47.6 Å². The smallest absolute Gasteiger partial charge is 0.0832 e. The molecule has 0 spiro atoms. The van der Waals surface area contributed by atoms with Gasteiger partial charge in [-0.05, 0) is 30.7 Å². The van der Waals surface area contributed by atoms with Crippen molar-refractivity contribution in [2.75, 3.05) is 0 Å². The molecule has 0 heterocycles. The van der Waals surface area contributed by atoms with Crippen LogP contribution in [0.25, 0.3) is 0 Å². The van der Waals surface area contributed by atoms with Gasteiger partial charge >= 0.3 is 0 Å². The molecule has 18 heavy (non-hydrogen) atoms. The van der Waals surface area contributed by atoms with Gasteiger partial charge in [0.25, 0.3) is 0 Å². The van der Waals surface area contributed by atoms with Crippen LogP contribution in [0.15, 0.2) is 30.3 Å². The van der Waals surface area contributed by atoms with Crippen LogP contribution in [-0.2, 0) is 5.41 Å². The van der Waals surface area contributed by atoms with Crippen molar-refractivity contribution < 1.29 is 0 Å². The Hall–Kier alpha value is -1.80. The molecule has 0 fully saturated rings. The third kappa shape index (κ3) is 3.60. The molecule has 1 atom stereocenters. The lowest BCUT2D eigenvalue weighted by Gasteiger charge is -2.27. The van der Waals surface area contributed by atoms with Gasteiger partial charge < -0.3 is 0 Å². The highest BCUT2D eigenvalue weighted by Gasteiger charge is 2.31. The predicted octanol–water partition coefficient (Wildman–Crippen LogP) is 4.19. The standard InChI is InChI=1S/C16H20N2/c1-14(2)9-11-16(13-18,10-6-12-17)15-7-4-3-5-8-15/h3-5,7-8,14H,6,9-11H2,1-2H3/t16-/m1/s1. The molecule has 0 aromatic heterocycles. The van der Waals surface area contributed by atoms with E-state index in [2.05, 4.69) is 26.0 Å². The van der Waals surface area contributed by atoms with Gasteiger partial charge in [-0.25, -0.2) is 0 Å². The fraction of sp³-hybridized carbons (Fsp3) is 0.500. The molecule has 0 N–H and O–H groups in total. The van der Waals surface area contributed by atoms with E-state index in [0.29, 0.717) is 18.8 Å². The second-order valence-electron chi connectivity index (χ2n) is 5.15. The number of benzene rings is 1. The van der Waals surface area contributed by atoms with Gasteiger partial charge in [0.15, 0.2) is 0 Å². The average molecular weight is 240 g/mol. The molecule has 0 amide bonds. The highest BCUT2D eigenvalue weighted by atomic mass is 14.4. The molecule has 2 heteroatoms. The first-order chi connectivity index (χ1) is 8.64. The van der Waals surface area contributed by atoms with Crippen molar-refractivity contribution in [3.63, 3.8) is 0 Å². The van der Waals surface area contributed by atoms with Crippen molar-refractivity contribution in [3.05, 3.63) is 35.9 Å². The Bertz CT molecular complexity index is 436. The molecular weight excluding hydrogens is 220 g/mol. The van der Waals surface area contributed by atoms with E-state index in [0.717, 1.165) is 18.4 Å². The van der Waals surface area contributed by atoms with Gasteiger partial charge in [0.1, 0.15) is 0 Å². The average Bonchev–Trinajstić information content (AvgIpc) is 2.40. The van der Waals surface area contributed by atoms with Crippen molar-refractivity contribution in [1.82, 2.24) is 0 Å². The highest BCUT2D eigenvalue weighted by Crippen LogP contribution is 2.34. The Morgan fingerprint density at radius 2 is 1.78 bits per heavy atom. The van der Waals surface area contributed by atoms with Crippen LogP contribution in [0, 0.1) is 28.6 Å². The number of rotatable bonds is 6. The summed E-state index contributed by atoms with van der Waals surface area (Å²) >= 11 is 0. The maximum atomic E-state index is 9.61. The zero-order chi connectivity index (χ0) is 13.4. The molecule has 2 nitrogen and oxygen atoms in total. The molecule has 1 rings (SSSR count). The molecule has 0 aliphatic heterocycles. The molecule has 0 bridgehead atoms. The zero-order valence-electron chi connectivity index (χ0n) is 11.2. The lowest BCUT2D eigenvalue weighted by Crippen LogP contribution is -2.24. The van der Waals surface area contributed by atoms with E-state index in [9.17, 15) is 5.26 Å². The highest BCUT2D eigenvalue weighted by molar-refractivity contribution is 5.32. The Morgan fingerprint density at radius 3 is 2.28 bits per heavy atom. The van der Waals surface area contributed by atoms with Crippen LogP contribution < -0.4 is 0 Å². The quantitative estimate of drug-likeness (QED) is 0.748. The van der Waals surface area contributed by atoms with Crippen LogP contribution in [0.1, 0.15) is 45.1 Å². The minimum atomic E-state index is -0.499. The number of hydrogen-bond donors (Lipinski definition) is 0. The first-order valence-electron chi connectivity index (χ1n) is 6.48. The molecule has 94 valence electrons. The van der Waals surface area contributed by atoms with Gasteiger partial charge in [0.05, 0.1) is 17.6 Å². The molecule has 0 aliphatic rings. The second-order valence-corrected chi connectivity index (χ2v) is 5.15. The number of hydrogen-bond acceptors (Lipinski definition) is 2. The normalized spacial score (nSPS) is 13.6. The summed E-state index contributed by atoms with van der Waals surface area (Å²) in [7, 11) is 0. The summed E-state index contributed by atoms with van der Waals surface area (Å²) < 4.78 is 0. The van der Waals surface area contributed by atoms with Crippen LogP contribution in [0.5, 0.6) is 0 Å². The van der Waals surface area contributed by atoms with Gasteiger partial charge in [-0.2, -0.15) is 10.5 Å². The van der Waals surface area contributed by atoms with Gasteiger partial charge in [0.2, 0.25) is 0 Å². The fourth-order valence-corrected chi connectivity index (χ4v) is 2.15. The molecule has 0 saturated carbocycles. The summed E-state index contributed by atoms with van der Waals surface area (Å²) in [4.78, 5) is 0. The summed E-state index contributed by atoms with van der Waals surface area (Å²) in [6.07, 6.45) is 2.89. The second kappa shape index (κ2) is 6.82. The maximum Gasteiger partial charge on any atom is 0.0832 e. The molecule has 0 unspecified atom stereocenters. The van der Waals surface area contributed by atoms with Crippen LogP contribution in [0.4, 0.5) is 0 Å². The summed E-state index contributed by atoms with van der Waals surface area (Å²) in [5.41, 5.74) is 0.546. The van der Waals surface area contributed by atoms with Crippen molar-refractivity contribution >= 4 is 0 Å². The monoisotopic (exact) mass is 240 g/mol. The van der Waals surface area contributed by atoms with Crippen LogP contribution in [-0.4, -0.2) is 0 Å². The Balaban J connectivity index is 2.99. The summed E-state index contributed by atoms with van der Waals surface area (Å²) in [6, 6.07) is 14.5. The third-order valence-electron chi connectivity index (χ3n) is 3.35. The van der Waals surface area contributed by atoms with E-state index in [1.165, 1.54) is 0 Å². The largest absolute Gasteiger partial charge is 0.198 e. The van der Waals surface area contributed by atoms with Gasteiger partial charge in [0, 0.05) is 6.42 Å². The van der Waals surface area contributed by atoms with E-state index in [-0.39, 0.29) is 0 Å². The van der Waals surface area contributed by atoms with Crippen LogP contribution >= 0.6 is 0 Å². The fourth-order valence-electron chi connectivity index (χ4n) is 2.15. The summed E-state index contributed by atoms with van der Waals surface area (Å²) in [5, 5.41) is 18.4. The molecular formula is C16H20N2. The van der Waals surface area contributed by atoms with Gasteiger partial charge in [-0.15, -0.1) is 0 Å². The third-order valence-corrected chi connectivity index (χ3v) is 3.35. The molecule has 0 saturated heterocycles. The van der Waals surface area contributed by atoms with Crippen molar-refractivity contribution in [2.24, 2.45) is 5.92 Å². The summed E-state index contributed by atoms with van der Waals surface area (Å²) in [5.74, 6) is 0.573. The summed E-state index contributed by atoms with van der Waals surface area (Å²) in [6.45, 7) is 4.33. The minimum absolute atomic E-state index is 0.431. The Kier molecular flexibility index (Phi) is 5.40. The lowest BCUT2D eigenvalue weighted by atomic mass is 9.73. The van der Waals surface area contributed by atoms with E-state index >= 15 is 0 Å². The Morgan fingerprint density at radius 1 is 1.11 bits per heavy atom. The molecule has 0 radical (unpaired) electrons. The van der Waals surface area contributed by atoms with E-state index in [1.54, 1.807) is 0 Å². The Labute approximate surface area is 110 Å². The number of nitriles is 2. The van der Waals surface area contributed by atoms with Gasteiger partial charge in [-0.1, -0.05) is 44.2 Å². The van der Waals surface area contributed by atoms with Crippen molar-refractivity contribution in [2.45, 2.75) is 44.9 Å². The number of nitrogens with zero attached hydrogens (tertiary/aromatic N) is 2. The molecule has 1 aromatic rings. The van der Waals surface area contributed by atoms with E-state index in [1.807, 2.05) is 30.3 Å². The predicted molar refractivity (Wildman–Crippen MR) is 72.7 cm³/mol. The first kappa shape index (κ1) is 14.3. The van der Waals surface area contributed by atoms with E-state index < -0.39 is 5.41 Å². The SMILES string of the molecule is CC(C)CC[C@@](C#N)(CCC#N)c1ccccc1. The van der Waals surface area contributed by atoms with Crippen molar-refractivity contribution in [3.8, 4) is 12.1 Å². The van der Waals surface area contributed by atoms with Crippen LogP contribution in [0.3, 0.4) is 0 Å². The van der Waals surface area contributed by atoms with E-state index in [4.69, 9.17) is 5.26 Å². The lowest BCUT2D eigenvalue weighted by molar-refractivity contribution is 0.412. The first-order valence-corrected chi connectivity index (χ1v) is 6.48. The van der Waals surface area contributed by atoms with Gasteiger partial charge in [-0.3, -0.25) is 0 Å². The minimum Gasteiger partial charge on any atom is -0.198 e. The maximum absolute atomic E-state index is 9.61. The molecule has 0 aliphatic carbocycles. The zero-order valence-corrected chi connectivity index (χ0v) is 11.2. The van der Waals surface area contributed by atoms with Crippen molar-refractivity contribution in [1.29, 1.82) is 10.5 Å². The molecule has 1 aromatic carbocycles. The van der Waals surface area contributed by atoms with Crippen LogP contribution in [0.2, 0.25) is 0 Å².